The zero-order valence-electron chi connectivity index (χ0n) is 28.2. The van der Waals surface area contributed by atoms with Crippen LogP contribution in [0.15, 0.2) is 48.5 Å². The molecular weight excluding hydrogens is 598 g/mol. The molecule has 7 nitrogen and oxygen atoms in total. The van der Waals surface area contributed by atoms with Crippen molar-refractivity contribution in [3.63, 3.8) is 0 Å². The number of rotatable bonds is 15. The molecule has 7 heteroatoms. The Morgan fingerprint density at radius 3 is 1.40 bits per heavy atom. The van der Waals surface area contributed by atoms with E-state index in [1.165, 1.54) is 29.1 Å². The molecule has 1 unspecified atom stereocenters. The maximum Gasteiger partial charge on any atom is 0.261 e. The number of amides is 4. The zero-order chi connectivity index (χ0) is 33.5. The highest BCUT2D eigenvalue weighted by Gasteiger charge is 2.37. The summed E-state index contributed by atoms with van der Waals surface area (Å²) >= 11 is 0. The van der Waals surface area contributed by atoms with Crippen molar-refractivity contribution in [2.24, 2.45) is 11.7 Å². The van der Waals surface area contributed by atoms with Gasteiger partial charge in [0.25, 0.3) is 23.6 Å². The number of fused-ring (bicyclic) bond motifs is 2. The summed E-state index contributed by atoms with van der Waals surface area (Å²) in [7, 11) is 0. The van der Waals surface area contributed by atoms with E-state index < -0.39 is 0 Å². The van der Waals surface area contributed by atoms with Gasteiger partial charge < -0.3 is 5.73 Å². The molecule has 0 spiro atoms. The maximum atomic E-state index is 14.1. The van der Waals surface area contributed by atoms with Gasteiger partial charge in [0.2, 0.25) is 0 Å². The fourth-order valence-electron chi connectivity index (χ4n) is 8.27. The van der Waals surface area contributed by atoms with Crippen molar-refractivity contribution in [3.8, 4) is 0 Å². The van der Waals surface area contributed by atoms with Gasteiger partial charge in [0.05, 0.1) is 0 Å². The quantitative estimate of drug-likeness (QED) is 0.0532. The van der Waals surface area contributed by atoms with E-state index in [1.807, 2.05) is 48.5 Å². The number of imide groups is 2. The largest absolute Gasteiger partial charge is 0.330 e. The molecule has 4 amide bonds. The van der Waals surface area contributed by atoms with E-state index in [0.29, 0.717) is 58.6 Å². The van der Waals surface area contributed by atoms with Gasteiger partial charge in [0, 0.05) is 46.1 Å². The SMILES string of the molecule is CCCCCCC(CCCC)CN1C(=O)c2ccc3c4ccc5c6c(ccc(c7ccc(c2c37)C1=O)c64)C(=O)N(CCCCCN)C5=O. The molecular formula is C41H45N3O4. The Labute approximate surface area is 281 Å². The fourth-order valence-corrected chi connectivity index (χ4v) is 8.27. The molecule has 0 aromatic heterocycles. The third-order valence-electron chi connectivity index (χ3n) is 10.8. The van der Waals surface area contributed by atoms with Crippen molar-refractivity contribution in [1.29, 1.82) is 0 Å². The van der Waals surface area contributed by atoms with E-state index in [4.69, 9.17) is 5.73 Å². The summed E-state index contributed by atoms with van der Waals surface area (Å²) in [5, 5.41) is 6.81. The van der Waals surface area contributed by atoms with Gasteiger partial charge in [0.15, 0.2) is 0 Å². The van der Waals surface area contributed by atoms with Gasteiger partial charge in [-0.15, -0.1) is 0 Å². The lowest BCUT2D eigenvalue weighted by molar-refractivity contribution is 0.0571. The van der Waals surface area contributed by atoms with E-state index in [1.54, 1.807) is 0 Å². The Bertz CT molecular complexity index is 1960. The summed E-state index contributed by atoms with van der Waals surface area (Å²) in [5.74, 6) is -0.671. The average molecular weight is 644 g/mol. The van der Waals surface area contributed by atoms with Crippen molar-refractivity contribution >= 4 is 66.7 Å². The molecule has 48 heavy (non-hydrogen) atoms. The van der Waals surface area contributed by atoms with Gasteiger partial charge in [-0.2, -0.15) is 0 Å². The normalized spacial score (nSPS) is 15.3. The van der Waals surface area contributed by atoms with Crippen LogP contribution in [0.2, 0.25) is 0 Å². The first-order valence-electron chi connectivity index (χ1n) is 18.0. The zero-order valence-corrected chi connectivity index (χ0v) is 28.2. The summed E-state index contributed by atoms with van der Waals surface area (Å²) in [6, 6.07) is 15.3. The molecule has 0 saturated carbocycles. The summed E-state index contributed by atoms with van der Waals surface area (Å²) in [4.78, 5) is 58.5. The van der Waals surface area contributed by atoms with Crippen molar-refractivity contribution in [3.05, 3.63) is 70.8 Å². The predicted molar refractivity (Wildman–Crippen MR) is 193 cm³/mol. The van der Waals surface area contributed by atoms with Crippen LogP contribution in [0, 0.1) is 5.92 Å². The Morgan fingerprint density at radius 1 is 0.500 bits per heavy atom. The monoisotopic (exact) mass is 643 g/mol. The molecule has 5 aromatic carbocycles. The molecule has 0 fully saturated rings. The van der Waals surface area contributed by atoms with Crippen LogP contribution >= 0.6 is 0 Å². The molecule has 7 rings (SSSR count). The molecule has 2 heterocycles. The van der Waals surface area contributed by atoms with E-state index in [0.717, 1.165) is 83.7 Å². The smallest absolute Gasteiger partial charge is 0.261 e. The van der Waals surface area contributed by atoms with Crippen molar-refractivity contribution in [1.82, 2.24) is 9.80 Å². The average Bonchev–Trinajstić information content (AvgIpc) is 3.10. The Kier molecular flexibility index (Phi) is 8.90. The minimum absolute atomic E-state index is 0.218. The molecule has 0 aliphatic carbocycles. The third kappa shape index (κ3) is 5.14. The number of carbonyl (C=O) groups is 4. The number of carbonyl (C=O) groups excluding carboxylic acids is 4. The second-order valence-corrected chi connectivity index (χ2v) is 13.8. The van der Waals surface area contributed by atoms with Gasteiger partial charge in [-0.25, -0.2) is 0 Å². The van der Waals surface area contributed by atoms with Crippen LogP contribution in [0.25, 0.3) is 43.1 Å². The first-order valence-corrected chi connectivity index (χ1v) is 18.0. The summed E-state index contributed by atoms with van der Waals surface area (Å²) in [6.45, 7) is 5.80. The highest BCUT2D eigenvalue weighted by Crippen LogP contribution is 2.46. The lowest BCUT2D eigenvalue weighted by Crippen LogP contribution is -2.43. The minimum Gasteiger partial charge on any atom is -0.330 e. The number of hydrogen-bond acceptors (Lipinski definition) is 5. The number of hydrogen-bond donors (Lipinski definition) is 1. The molecule has 2 aliphatic rings. The standard InChI is InChI=1S/C41H45N3O4/c1-3-5-7-9-13-25(12-6-4-2)24-44-40(47)32-20-16-28-26-14-18-30-36-31(39(46)43(38(30)45)23-11-8-10-22-42)19-15-27(34(26)36)29-17-21-33(41(44)48)37(32)35(28)29/h14-21,25H,3-13,22-24,42H2,1-2H3. The minimum atomic E-state index is -0.265. The lowest BCUT2D eigenvalue weighted by Gasteiger charge is -2.32. The van der Waals surface area contributed by atoms with Crippen molar-refractivity contribution in [2.75, 3.05) is 19.6 Å². The molecule has 0 radical (unpaired) electrons. The van der Waals surface area contributed by atoms with E-state index in [2.05, 4.69) is 13.8 Å². The molecule has 1 atom stereocenters. The van der Waals surface area contributed by atoms with Crippen molar-refractivity contribution < 1.29 is 19.2 Å². The Balaban J connectivity index is 1.31. The van der Waals surface area contributed by atoms with Crippen LogP contribution in [0.3, 0.4) is 0 Å². The van der Waals surface area contributed by atoms with E-state index in [9.17, 15) is 19.2 Å². The van der Waals surface area contributed by atoms with Crippen molar-refractivity contribution in [2.45, 2.75) is 84.5 Å². The number of nitrogens with zero attached hydrogens (tertiary/aromatic N) is 2. The first-order chi connectivity index (χ1) is 23.4. The molecule has 2 N–H and O–H groups in total. The second-order valence-electron chi connectivity index (χ2n) is 13.8. The summed E-state index contributed by atoms with van der Waals surface area (Å²) in [5.41, 5.74) is 7.84. The Hall–Kier alpha value is -4.36. The highest BCUT2D eigenvalue weighted by atomic mass is 16.2. The molecule has 5 aromatic rings. The van der Waals surface area contributed by atoms with E-state index >= 15 is 0 Å². The summed E-state index contributed by atoms with van der Waals surface area (Å²) in [6.07, 6.45) is 11.4. The summed E-state index contributed by atoms with van der Waals surface area (Å²) < 4.78 is 0. The molecule has 248 valence electrons. The van der Waals surface area contributed by atoms with Gasteiger partial charge in [-0.1, -0.05) is 83.1 Å². The number of benzene rings is 5. The lowest BCUT2D eigenvalue weighted by atomic mass is 9.82. The van der Waals surface area contributed by atoms with E-state index in [-0.39, 0.29) is 23.6 Å². The third-order valence-corrected chi connectivity index (χ3v) is 10.8. The molecule has 2 aliphatic heterocycles. The topological polar surface area (TPSA) is 101 Å². The van der Waals surface area contributed by atoms with Crippen LogP contribution in [-0.4, -0.2) is 53.1 Å². The molecule has 0 bridgehead atoms. The number of nitrogens with two attached hydrogens (primary N) is 1. The predicted octanol–water partition coefficient (Wildman–Crippen LogP) is 8.84. The van der Waals surface area contributed by atoms with Gasteiger partial charge >= 0.3 is 0 Å². The van der Waals surface area contributed by atoms with Crippen LogP contribution < -0.4 is 5.73 Å². The maximum absolute atomic E-state index is 14.1. The molecule has 0 saturated heterocycles. The second kappa shape index (κ2) is 13.3. The van der Waals surface area contributed by atoms with Crippen LogP contribution in [-0.2, 0) is 0 Å². The van der Waals surface area contributed by atoms with Crippen LogP contribution in [0.1, 0.15) is 126 Å². The Morgan fingerprint density at radius 2 is 0.938 bits per heavy atom. The van der Waals surface area contributed by atoms with Gasteiger partial charge in [0.1, 0.15) is 0 Å². The van der Waals surface area contributed by atoms with Gasteiger partial charge in [-0.3, -0.25) is 29.0 Å². The van der Waals surface area contributed by atoms with Crippen LogP contribution in [0.5, 0.6) is 0 Å². The van der Waals surface area contributed by atoms with Crippen LogP contribution in [0.4, 0.5) is 0 Å². The fraction of sp³-hybridized carbons (Fsp3) is 0.415. The van der Waals surface area contributed by atoms with Gasteiger partial charge in [-0.05, 0) is 94.7 Å². The number of unbranched alkanes of at least 4 members (excludes halogenated alkanes) is 6. The first kappa shape index (κ1) is 32.2. The highest BCUT2D eigenvalue weighted by molar-refractivity contribution is 6.41.